The van der Waals surface area contributed by atoms with Crippen molar-refractivity contribution in [1.29, 1.82) is 0 Å². The van der Waals surface area contributed by atoms with Gasteiger partial charge in [0.1, 0.15) is 5.82 Å². The van der Waals surface area contributed by atoms with Gasteiger partial charge in [-0.2, -0.15) is 0 Å². The normalized spacial score (nSPS) is 21.4. The standard InChI is InChI=1S/C11H14FNO/c12-10-4-3-8(7-14)6-9(10)11-2-1-5-13-11/h3-4,6,11,13-14H,1-2,5,7H2/t11-/m1/s1. The van der Waals surface area contributed by atoms with Crippen LogP contribution in [0.15, 0.2) is 18.2 Å². The van der Waals surface area contributed by atoms with Gasteiger partial charge in [0, 0.05) is 11.6 Å². The summed E-state index contributed by atoms with van der Waals surface area (Å²) in [6.07, 6.45) is 2.07. The molecule has 1 heterocycles. The van der Waals surface area contributed by atoms with E-state index in [2.05, 4.69) is 5.32 Å². The van der Waals surface area contributed by atoms with Gasteiger partial charge in [-0.05, 0) is 37.1 Å². The van der Waals surface area contributed by atoms with Crippen molar-refractivity contribution in [1.82, 2.24) is 5.32 Å². The Kier molecular flexibility index (Phi) is 2.79. The van der Waals surface area contributed by atoms with E-state index in [4.69, 9.17) is 5.11 Å². The van der Waals surface area contributed by atoms with Gasteiger partial charge in [-0.3, -0.25) is 0 Å². The molecule has 1 aliphatic rings. The van der Waals surface area contributed by atoms with Crippen LogP contribution in [0.1, 0.15) is 30.0 Å². The van der Waals surface area contributed by atoms with Gasteiger partial charge in [-0.25, -0.2) is 4.39 Å². The number of aliphatic hydroxyl groups is 1. The highest BCUT2D eigenvalue weighted by Gasteiger charge is 2.19. The molecule has 1 aromatic carbocycles. The van der Waals surface area contributed by atoms with Crippen LogP contribution in [-0.4, -0.2) is 11.7 Å². The number of nitrogens with one attached hydrogen (secondary N) is 1. The smallest absolute Gasteiger partial charge is 0.127 e. The first kappa shape index (κ1) is 9.62. The molecule has 2 nitrogen and oxygen atoms in total. The molecule has 2 rings (SSSR count). The van der Waals surface area contributed by atoms with Crippen molar-refractivity contribution < 1.29 is 9.50 Å². The van der Waals surface area contributed by atoms with Gasteiger partial charge in [0.15, 0.2) is 0 Å². The van der Waals surface area contributed by atoms with Gasteiger partial charge in [-0.15, -0.1) is 0 Å². The van der Waals surface area contributed by atoms with Gasteiger partial charge in [-0.1, -0.05) is 6.07 Å². The predicted octanol–water partition coefficient (Wildman–Crippen LogP) is 1.74. The molecule has 0 aromatic heterocycles. The minimum atomic E-state index is -0.179. The second-order valence-electron chi connectivity index (χ2n) is 3.66. The first-order chi connectivity index (χ1) is 6.81. The lowest BCUT2D eigenvalue weighted by Gasteiger charge is -2.12. The van der Waals surface area contributed by atoms with Gasteiger partial charge >= 0.3 is 0 Å². The average Bonchev–Trinajstić information content (AvgIpc) is 2.71. The summed E-state index contributed by atoms with van der Waals surface area (Å²) in [5.74, 6) is -0.179. The van der Waals surface area contributed by atoms with Crippen molar-refractivity contribution in [3.05, 3.63) is 35.1 Å². The van der Waals surface area contributed by atoms with E-state index in [1.165, 1.54) is 6.07 Å². The molecule has 0 bridgehead atoms. The minimum absolute atomic E-state index is 0.0278. The summed E-state index contributed by atoms with van der Waals surface area (Å²) in [5.41, 5.74) is 1.46. The van der Waals surface area contributed by atoms with Crippen LogP contribution < -0.4 is 5.32 Å². The largest absolute Gasteiger partial charge is 0.392 e. The van der Waals surface area contributed by atoms with Crippen molar-refractivity contribution in [2.24, 2.45) is 0 Å². The van der Waals surface area contributed by atoms with Crippen LogP contribution in [0.5, 0.6) is 0 Å². The first-order valence-corrected chi connectivity index (χ1v) is 4.94. The summed E-state index contributed by atoms with van der Waals surface area (Å²) < 4.78 is 13.4. The average molecular weight is 195 g/mol. The van der Waals surface area contributed by atoms with Crippen LogP contribution in [0, 0.1) is 5.82 Å². The number of halogens is 1. The molecule has 1 saturated heterocycles. The van der Waals surface area contributed by atoms with E-state index in [0.717, 1.165) is 24.9 Å². The maximum atomic E-state index is 13.4. The molecule has 0 amide bonds. The molecule has 3 heteroatoms. The Labute approximate surface area is 82.8 Å². The lowest BCUT2D eigenvalue weighted by Crippen LogP contribution is -2.14. The zero-order valence-corrected chi connectivity index (χ0v) is 7.96. The van der Waals surface area contributed by atoms with Crippen molar-refractivity contribution in [3.63, 3.8) is 0 Å². The van der Waals surface area contributed by atoms with Crippen LogP contribution in [0.3, 0.4) is 0 Å². The summed E-state index contributed by atoms with van der Waals surface area (Å²) in [4.78, 5) is 0. The highest BCUT2D eigenvalue weighted by molar-refractivity contribution is 5.27. The SMILES string of the molecule is OCc1ccc(F)c([C@H]2CCCN2)c1. The second kappa shape index (κ2) is 4.07. The zero-order chi connectivity index (χ0) is 9.97. The molecule has 14 heavy (non-hydrogen) atoms. The molecule has 1 fully saturated rings. The highest BCUT2D eigenvalue weighted by atomic mass is 19.1. The molecule has 0 spiro atoms. The molecule has 1 aliphatic heterocycles. The summed E-state index contributed by atoms with van der Waals surface area (Å²) in [6.45, 7) is 0.924. The van der Waals surface area contributed by atoms with Gasteiger partial charge < -0.3 is 10.4 Å². The fourth-order valence-electron chi connectivity index (χ4n) is 1.91. The molecule has 2 N–H and O–H groups in total. The summed E-state index contributed by atoms with van der Waals surface area (Å²) in [7, 11) is 0. The maximum absolute atomic E-state index is 13.4. The zero-order valence-electron chi connectivity index (χ0n) is 7.96. The Morgan fingerprint density at radius 1 is 1.50 bits per heavy atom. The molecule has 76 valence electrons. The number of hydrogen-bond donors (Lipinski definition) is 2. The van der Waals surface area contributed by atoms with Crippen LogP contribution >= 0.6 is 0 Å². The van der Waals surface area contributed by atoms with E-state index >= 15 is 0 Å². The third-order valence-electron chi connectivity index (χ3n) is 2.68. The highest BCUT2D eigenvalue weighted by Crippen LogP contribution is 2.26. The Bertz CT molecular complexity index is 321. The second-order valence-corrected chi connectivity index (χ2v) is 3.66. The van der Waals surface area contributed by atoms with Crippen LogP contribution in [0.2, 0.25) is 0 Å². The van der Waals surface area contributed by atoms with Crippen LogP contribution in [-0.2, 0) is 6.61 Å². The van der Waals surface area contributed by atoms with Crippen LogP contribution in [0.4, 0.5) is 4.39 Å². The molecule has 1 aromatic rings. The molecule has 0 aliphatic carbocycles. The Hall–Kier alpha value is -0.930. The molecule has 0 radical (unpaired) electrons. The third-order valence-corrected chi connectivity index (χ3v) is 2.68. The van der Waals surface area contributed by atoms with Gasteiger partial charge in [0.25, 0.3) is 0 Å². The molecule has 0 saturated carbocycles. The summed E-state index contributed by atoms with van der Waals surface area (Å²) in [5, 5.41) is 12.2. The lowest BCUT2D eigenvalue weighted by atomic mass is 10.0. The number of hydrogen-bond acceptors (Lipinski definition) is 2. The first-order valence-electron chi connectivity index (χ1n) is 4.94. The lowest BCUT2D eigenvalue weighted by molar-refractivity contribution is 0.281. The number of aliphatic hydroxyl groups excluding tert-OH is 1. The summed E-state index contributed by atoms with van der Waals surface area (Å²) in [6, 6.07) is 4.92. The number of rotatable bonds is 2. The minimum Gasteiger partial charge on any atom is -0.392 e. The molecule has 1 atom stereocenters. The van der Waals surface area contributed by atoms with E-state index in [0.29, 0.717) is 5.56 Å². The van der Waals surface area contributed by atoms with Crippen molar-refractivity contribution >= 4 is 0 Å². The monoisotopic (exact) mass is 195 g/mol. The molecule has 0 unspecified atom stereocenters. The fourth-order valence-corrected chi connectivity index (χ4v) is 1.91. The Balaban J connectivity index is 2.29. The summed E-state index contributed by atoms with van der Waals surface area (Å²) >= 11 is 0. The Morgan fingerprint density at radius 3 is 3.00 bits per heavy atom. The fraction of sp³-hybridized carbons (Fsp3) is 0.455. The van der Waals surface area contributed by atoms with E-state index in [1.807, 2.05) is 0 Å². The third kappa shape index (κ3) is 1.79. The number of benzene rings is 1. The van der Waals surface area contributed by atoms with Crippen molar-refractivity contribution in [2.75, 3.05) is 6.54 Å². The van der Waals surface area contributed by atoms with Gasteiger partial charge in [0.05, 0.1) is 6.61 Å². The van der Waals surface area contributed by atoms with Crippen LogP contribution in [0.25, 0.3) is 0 Å². The van der Waals surface area contributed by atoms with E-state index in [-0.39, 0.29) is 18.5 Å². The quantitative estimate of drug-likeness (QED) is 0.753. The van der Waals surface area contributed by atoms with E-state index < -0.39 is 0 Å². The Morgan fingerprint density at radius 2 is 2.36 bits per heavy atom. The van der Waals surface area contributed by atoms with E-state index in [1.54, 1.807) is 12.1 Å². The molecular weight excluding hydrogens is 181 g/mol. The predicted molar refractivity (Wildman–Crippen MR) is 52.3 cm³/mol. The van der Waals surface area contributed by atoms with Crippen molar-refractivity contribution in [2.45, 2.75) is 25.5 Å². The van der Waals surface area contributed by atoms with Crippen molar-refractivity contribution in [3.8, 4) is 0 Å². The topological polar surface area (TPSA) is 32.3 Å². The van der Waals surface area contributed by atoms with Gasteiger partial charge in [0.2, 0.25) is 0 Å². The maximum Gasteiger partial charge on any atom is 0.127 e. The van der Waals surface area contributed by atoms with E-state index in [9.17, 15) is 4.39 Å². The molecular formula is C11H14FNO.